The van der Waals surface area contributed by atoms with Crippen LogP contribution in [0.1, 0.15) is 28.7 Å². The molecule has 0 saturated heterocycles. The lowest BCUT2D eigenvalue weighted by molar-refractivity contribution is 0.0773. The second-order valence-corrected chi connectivity index (χ2v) is 4.37. The number of rotatable bonds is 4. The molecule has 0 bridgehead atoms. The van der Waals surface area contributed by atoms with Crippen LogP contribution in [0.15, 0.2) is 24.3 Å². The number of amides is 1. The fourth-order valence-electron chi connectivity index (χ4n) is 1.78. The first-order chi connectivity index (χ1) is 9.10. The van der Waals surface area contributed by atoms with Gasteiger partial charge < -0.3 is 10.6 Å². The molecule has 3 N–H and O–H groups in total. The molecule has 2 aromatic rings. The van der Waals surface area contributed by atoms with Gasteiger partial charge in [0.15, 0.2) is 0 Å². The van der Waals surface area contributed by atoms with Gasteiger partial charge in [-0.15, -0.1) is 5.10 Å². The number of hydrogen-bond acceptors (Lipinski definition) is 4. The van der Waals surface area contributed by atoms with Crippen LogP contribution >= 0.6 is 0 Å². The summed E-state index contributed by atoms with van der Waals surface area (Å²) in [6.45, 7) is 2.63. The SMILES string of the molecule is CCc1ccc(CN(C)C(=O)c2nc(N)n[nH]2)cc1. The Bertz CT molecular complexity index is 561. The van der Waals surface area contributed by atoms with Crippen molar-refractivity contribution in [3.8, 4) is 0 Å². The van der Waals surface area contributed by atoms with Crippen molar-refractivity contribution >= 4 is 11.9 Å². The summed E-state index contributed by atoms with van der Waals surface area (Å²) >= 11 is 0. The number of nitrogens with two attached hydrogens (primary N) is 1. The van der Waals surface area contributed by atoms with E-state index in [-0.39, 0.29) is 17.7 Å². The Morgan fingerprint density at radius 3 is 2.47 bits per heavy atom. The van der Waals surface area contributed by atoms with Crippen LogP contribution in [0, 0.1) is 0 Å². The first-order valence-corrected chi connectivity index (χ1v) is 6.11. The summed E-state index contributed by atoms with van der Waals surface area (Å²) in [5.41, 5.74) is 7.73. The molecule has 6 nitrogen and oxygen atoms in total. The molecule has 1 heterocycles. The number of carbonyl (C=O) groups excluding carboxylic acids is 1. The molecule has 19 heavy (non-hydrogen) atoms. The van der Waals surface area contributed by atoms with E-state index in [1.54, 1.807) is 11.9 Å². The molecular formula is C13H17N5O. The molecule has 0 aliphatic heterocycles. The van der Waals surface area contributed by atoms with Gasteiger partial charge in [0, 0.05) is 13.6 Å². The van der Waals surface area contributed by atoms with E-state index in [9.17, 15) is 4.79 Å². The van der Waals surface area contributed by atoms with Crippen molar-refractivity contribution in [3.63, 3.8) is 0 Å². The van der Waals surface area contributed by atoms with Gasteiger partial charge in [0.25, 0.3) is 5.91 Å². The summed E-state index contributed by atoms with van der Waals surface area (Å²) in [6.07, 6.45) is 1.01. The number of nitrogens with zero attached hydrogens (tertiary/aromatic N) is 3. The Morgan fingerprint density at radius 2 is 1.95 bits per heavy atom. The van der Waals surface area contributed by atoms with Crippen molar-refractivity contribution in [2.75, 3.05) is 12.8 Å². The lowest BCUT2D eigenvalue weighted by atomic mass is 10.1. The standard InChI is InChI=1S/C13H17N5O/c1-3-9-4-6-10(7-5-9)8-18(2)12(19)11-15-13(14)17-16-11/h4-7H,3,8H2,1-2H3,(H3,14,15,16,17). The van der Waals surface area contributed by atoms with Crippen LogP contribution in [0.25, 0.3) is 0 Å². The molecule has 6 heteroatoms. The van der Waals surface area contributed by atoms with Crippen molar-refractivity contribution < 1.29 is 4.79 Å². The molecule has 0 spiro atoms. The first-order valence-electron chi connectivity index (χ1n) is 6.11. The molecule has 0 atom stereocenters. The highest BCUT2D eigenvalue weighted by Gasteiger charge is 2.15. The second kappa shape index (κ2) is 5.51. The minimum Gasteiger partial charge on any atom is -0.366 e. The molecule has 0 aliphatic rings. The maximum atomic E-state index is 12.0. The summed E-state index contributed by atoms with van der Waals surface area (Å²) in [5, 5.41) is 6.16. The number of hydrogen-bond donors (Lipinski definition) is 2. The van der Waals surface area contributed by atoms with Crippen LogP contribution < -0.4 is 5.73 Å². The Kier molecular flexibility index (Phi) is 3.79. The van der Waals surface area contributed by atoms with E-state index in [1.807, 2.05) is 12.1 Å². The zero-order valence-corrected chi connectivity index (χ0v) is 11.1. The molecule has 1 aromatic carbocycles. The van der Waals surface area contributed by atoms with Gasteiger partial charge in [-0.1, -0.05) is 31.2 Å². The topological polar surface area (TPSA) is 87.9 Å². The molecule has 2 rings (SSSR count). The average Bonchev–Trinajstić information content (AvgIpc) is 2.85. The van der Waals surface area contributed by atoms with E-state index in [1.165, 1.54) is 5.56 Å². The van der Waals surface area contributed by atoms with Crippen LogP contribution in [-0.2, 0) is 13.0 Å². The lowest BCUT2D eigenvalue weighted by Gasteiger charge is -2.15. The number of aromatic nitrogens is 3. The summed E-state index contributed by atoms with van der Waals surface area (Å²) < 4.78 is 0. The summed E-state index contributed by atoms with van der Waals surface area (Å²) in [7, 11) is 1.72. The van der Waals surface area contributed by atoms with E-state index in [4.69, 9.17) is 5.73 Å². The molecule has 100 valence electrons. The van der Waals surface area contributed by atoms with E-state index >= 15 is 0 Å². The highest BCUT2D eigenvalue weighted by molar-refractivity contribution is 5.90. The minimum absolute atomic E-state index is 0.0732. The zero-order chi connectivity index (χ0) is 13.8. The third-order valence-corrected chi connectivity index (χ3v) is 2.90. The van der Waals surface area contributed by atoms with Gasteiger partial charge in [-0.25, -0.2) is 0 Å². The van der Waals surface area contributed by atoms with Crippen LogP contribution in [0.2, 0.25) is 0 Å². The fraction of sp³-hybridized carbons (Fsp3) is 0.308. The average molecular weight is 259 g/mol. The number of anilines is 1. The number of nitrogens with one attached hydrogen (secondary N) is 1. The summed E-state index contributed by atoms with van der Waals surface area (Å²) in [6, 6.07) is 8.19. The third-order valence-electron chi connectivity index (χ3n) is 2.90. The lowest BCUT2D eigenvalue weighted by Crippen LogP contribution is -2.27. The Hall–Kier alpha value is -2.37. The minimum atomic E-state index is -0.233. The zero-order valence-electron chi connectivity index (χ0n) is 11.1. The van der Waals surface area contributed by atoms with E-state index < -0.39 is 0 Å². The summed E-state index contributed by atoms with van der Waals surface area (Å²) in [5.74, 6) is -0.00186. The molecular weight excluding hydrogens is 242 g/mol. The van der Waals surface area contributed by atoms with Gasteiger partial charge in [-0.2, -0.15) is 4.98 Å². The third kappa shape index (κ3) is 3.09. The fourth-order valence-corrected chi connectivity index (χ4v) is 1.78. The first kappa shape index (κ1) is 13.1. The van der Waals surface area contributed by atoms with Gasteiger partial charge >= 0.3 is 0 Å². The van der Waals surface area contributed by atoms with Crippen molar-refractivity contribution in [3.05, 3.63) is 41.2 Å². The van der Waals surface area contributed by atoms with Crippen LogP contribution in [0.5, 0.6) is 0 Å². The molecule has 0 fully saturated rings. The van der Waals surface area contributed by atoms with Crippen LogP contribution in [-0.4, -0.2) is 33.0 Å². The number of carbonyl (C=O) groups is 1. The predicted octanol–water partition coefficient (Wildman–Crippen LogP) is 1.22. The van der Waals surface area contributed by atoms with Gasteiger partial charge in [0.2, 0.25) is 11.8 Å². The van der Waals surface area contributed by atoms with Crippen LogP contribution in [0.4, 0.5) is 5.95 Å². The smallest absolute Gasteiger partial charge is 0.291 e. The Labute approximate surface area is 111 Å². The van der Waals surface area contributed by atoms with E-state index in [0.29, 0.717) is 6.54 Å². The highest BCUT2D eigenvalue weighted by atomic mass is 16.2. The normalized spacial score (nSPS) is 10.4. The largest absolute Gasteiger partial charge is 0.366 e. The van der Waals surface area contributed by atoms with E-state index in [0.717, 1.165) is 12.0 Å². The van der Waals surface area contributed by atoms with Crippen molar-refractivity contribution in [2.24, 2.45) is 0 Å². The highest BCUT2D eigenvalue weighted by Crippen LogP contribution is 2.09. The van der Waals surface area contributed by atoms with Gasteiger partial charge in [-0.05, 0) is 17.5 Å². The molecule has 0 radical (unpaired) electrons. The van der Waals surface area contributed by atoms with E-state index in [2.05, 4.69) is 34.2 Å². The van der Waals surface area contributed by atoms with Crippen LogP contribution in [0.3, 0.4) is 0 Å². The monoisotopic (exact) mass is 259 g/mol. The molecule has 1 amide bonds. The number of nitrogen functional groups attached to an aromatic ring is 1. The molecule has 0 saturated carbocycles. The van der Waals surface area contributed by atoms with Crippen molar-refractivity contribution in [1.82, 2.24) is 20.1 Å². The van der Waals surface area contributed by atoms with Gasteiger partial charge in [0.05, 0.1) is 0 Å². The molecule has 0 aliphatic carbocycles. The maximum Gasteiger partial charge on any atom is 0.291 e. The van der Waals surface area contributed by atoms with Gasteiger partial charge in [-0.3, -0.25) is 9.89 Å². The molecule has 0 unspecified atom stereocenters. The Morgan fingerprint density at radius 1 is 1.32 bits per heavy atom. The maximum absolute atomic E-state index is 12.0. The van der Waals surface area contributed by atoms with Crippen molar-refractivity contribution in [1.29, 1.82) is 0 Å². The predicted molar refractivity (Wildman–Crippen MR) is 72.4 cm³/mol. The summed E-state index contributed by atoms with van der Waals surface area (Å²) in [4.78, 5) is 17.4. The molecule has 1 aromatic heterocycles. The second-order valence-electron chi connectivity index (χ2n) is 4.37. The number of H-pyrrole nitrogens is 1. The van der Waals surface area contributed by atoms with Gasteiger partial charge in [0.1, 0.15) is 0 Å². The quantitative estimate of drug-likeness (QED) is 0.864. The number of aryl methyl sites for hydroxylation is 1. The Balaban J connectivity index is 2.03. The number of aromatic amines is 1. The van der Waals surface area contributed by atoms with Crippen molar-refractivity contribution in [2.45, 2.75) is 19.9 Å². The number of benzene rings is 1.